The fourth-order valence-corrected chi connectivity index (χ4v) is 2.95. The number of carbonyl (C=O) groups excluding carboxylic acids is 1. The molecule has 2 rings (SSSR count). The standard InChI is InChI=1S/C12H18N4OS/c1-7(4-11(13)17)14-5-10-9(3)15-12-16(10)8(2)6-18-12/h6-7,14H,4-5H2,1-3H3,(H2,13,17). The second-order valence-corrected chi connectivity index (χ2v) is 5.43. The molecule has 0 bridgehead atoms. The minimum Gasteiger partial charge on any atom is -0.370 e. The van der Waals surface area contributed by atoms with E-state index in [4.69, 9.17) is 5.73 Å². The second kappa shape index (κ2) is 5.07. The lowest BCUT2D eigenvalue weighted by Gasteiger charge is -2.12. The fourth-order valence-electron chi connectivity index (χ4n) is 2.02. The van der Waals surface area contributed by atoms with Gasteiger partial charge in [0.2, 0.25) is 5.91 Å². The lowest BCUT2D eigenvalue weighted by atomic mass is 10.2. The lowest BCUT2D eigenvalue weighted by molar-refractivity contribution is -0.118. The van der Waals surface area contributed by atoms with Gasteiger partial charge in [0.25, 0.3) is 0 Å². The van der Waals surface area contributed by atoms with E-state index in [1.807, 2.05) is 13.8 Å². The maximum Gasteiger partial charge on any atom is 0.218 e. The number of aryl methyl sites for hydroxylation is 2. The summed E-state index contributed by atoms with van der Waals surface area (Å²) in [7, 11) is 0. The highest BCUT2D eigenvalue weighted by molar-refractivity contribution is 7.15. The molecular formula is C12H18N4OS. The molecule has 0 spiro atoms. The third-order valence-electron chi connectivity index (χ3n) is 2.96. The average molecular weight is 266 g/mol. The molecule has 1 atom stereocenters. The molecule has 0 saturated carbocycles. The maximum absolute atomic E-state index is 10.8. The van der Waals surface area contributed by atoms with E-state index in [1.165, 1.54) is 5.69 Å². The highest BCUT2D eigenvalue weighted by atomic mass is 32.1. The van der Waals surface area contributed by atoms with Crippen molar-refractivity contribution in [1.29, 1.82) is 0 Å². The van der Waals surface area contributed by atoms with E-state index in [9.17, 15) is 4.79 Å². The number of primary amides is 1. The molecular weight excluding hydrogens is 248 g/mol. The van der Waals surface area contributed by atoms with Gasteiger partial charge in [-0.15, -0.1) is 11.3 Å². The van der Waals surface area contributed by atoms with Gasteiger partial charge in [0.15, 0.2) is 4.96 Å². The summed E-state index contributed by atoms with van der Waals surface area (Å²) in [5.41, 5.74) is 8.55. The Labute approximate surface area is 110 Å². The first-order chi connectivity index (χ1) is 8.49. The number of nitrogens with zero attached hydrogens (tertiary/aromatic N) is 2. The zero-order valence-electron chi connectivity index (χ0n) is 10.9. The van der Waals surface area contributed by atoms with Crippen LogP contribution in [0, 0.1) is 13.8 Å². The van der Waals surface area contributed by atoms with Gasteiger partial charge in [-0.1, -0.05) is 0 Å². The van der Waals surface area contributed by atoms with Crippen molar-refractivity contribution in [3.05, 3.63) is 22.5 Å². The molecule has 0 aromatic carbocycles. The van der Waals surface area contributed by atoms with Crippen LogP contribution in [-0.4, -0.2) is 21.3 Å². The number of imidazole rings is 1. The fraction of sp³-hybridized carbons (Fsp3) is 0.500. The van der Waals surface area contributed by atoms with Crippen molar-refractivity contribution in [2.45, 2.75) is 39.8 Å². The molecule has 1 amide bonds. The first-order valence-corrected chi connectivity index (χ1v) is 6.80. The highest BCUT2D eigenvalue weighted by Gasteiger charge is 2.13. The molecule has 0 fully saturated rings. The number of hydrogen-bond donors (Lipinski definition) is 2. The average Bonchev–Trinajstić information content (AvgIpc) is 2.75. The Morgan fingerprint density at radius 2 is 2.33 bits per heavy atom. The van der Waals surface area contributed by atoms with Crippen molar-refractivity contribution in [1.82, 2.24) is 14.7 Å². The van der Waals surface area contributed by atoms with Crippen LogP contribution in [0.2, 0.25) is 0 Å². The molecule has 2 heterocycles. The molecule has 5 nitrogen and oxygen atoms in total. The summed E-state index contributed by atoms with van der Waals surface area (Å²) in [4.78, 5) is 16.4. The van der Waals surface area contributed by atoms with Gasteiger partial charge in [-0.2, -0.15) is 0 Å². The summed E-state index contributed by atoms with van der Waals surface area (Å²) >= 11 is 1.64. The van der Waals surface area contributed by atoms with E-state index < -0.39 is 0 Å². The predicted octanol–water partition coefficient (Wildman–Crippen LogP) is 1.37. The second-order valence-electron chi connectivity index (χ2n) is 4.59. The first-order valence-electron chi connectivity index (χ1n) is 5.92. The van der Waals surface area contributed by atoms with E-state index in [0.717, 1.165) is 16.3 Å². The van der Waals surface area contributed by atoms with Crippen molar-refractivity contribution >= 4 is 22.2 Å². The number of rotatable bonds is 5. The summed E-state index contributed by atoms with van der Waals surface area (Å²) in [5, 5.41) is 5.40. The van der Waals surface area contributed by atoms with Crippen LogP contribution >= 0.6 is 11.3 Å². The number of thiazole rings is 1. The summed E-state index contributed by atoms with van der Waals surface area (Å²) in [6.45, 7) is 6.73. The zero-order chi connectivity index (χ0) is 13.3. The molecule has 6 heteroatoms. The van der Waals surface area contributed by atoms with Crippen LogP contribution < -0.4 is 11.1 Å². The van der Waals surface area contributed by atoms with Gasteiger partial charge in [0, 0.05) is 30.1 Å². The van der Waals surface area contributed by atoms with Crippen LogP contribution in [0.15, 0.2) is 5.38 Å². The maximum atomic E-state index is 10.8. The molecule has 1 unspecified atom stereocenters. The number of nitrogens with one attached hydrogen (secondary N) is 1. The van der Waals surface area contributed by atoms with E-state index in [0.29, 0.717) is 13.0 Å². The quantitative estimate of drug-likeness (QED) is 0.858. The topological polar surface area (TPSA) is 72.4 Å². The minimum atomic E-state index is -0.281. The van der Waals surface area contributed by atoms with Crippen molar-refractivity contribution in [3.8, 4) is 0 Å². The van der Waals surface area contributed by atoms with Gasteiger partial charge in [-0.3, -0.25) is 9.20 Å². The van der Waals surface area contributed by atoms with Gasteiger partial charge < -0.3 is 11.1 Å². The van der Waals surface area contributed by atoms with Gasteiger partial charge in [0.1, 0.15) is 0 Å². The Morgan fingerprint density at radius 1 is 1.61 bits per heavy atom. The Hall–Kier alpha value is -1.40. The largest absolute Gasteiger partial charge is 0.370 e. The SMILES string of the molecule is Cc1nc2scc(C)n2c1CNC(C)CC(N)=O. The van der Waals surface area contributed by atoms with Crippen molar-refractivity contribution in [2.75, 3.05) is 0 Å². The molecule has 2 aromatic rings. The van der Waals surface area contributed by atoms with E-state index in [2.05, 4.69) is 27.0 Å². The van der Waals surface area contributed by atoms with E-state index in [1.54, 1.807) is 11.3 Å². The molecule has 0 aliphatic rings. The number of nitrogens with two attached hydrogens (primary N) is 1. The van der Waals surface area contributed by atoms with Crippen molar-refractivity contribution < 1.29 is 4.79 Å². The van der Waals surface area contributed by atoms with E-state index >= 15 is 0 Å². The minimum absolute atomic E-state index is 0.0754. The number of aromatic nitrogens is 2. The number of amides is 1. The van der Waals surface area contributed by atoms with Crippen LogP contribution in [0.25, 0.3) is 4.96 Å². The Balaban J connectivity index is 2.13. The smallest absolute Gasteiger partial charge is 0.218 e. The van der Waals surface area contributed by atoms with Crippen LogP contribution in [-0.2, 0) is 11.3 Å². The molecule has 98 valence electrons. The van der Waals surface area contributed by atoms with Crippen molar-refractivity contribution in [2.24, 2.45) is 5.73 Å². The van der Waals surface area contributed by atoms with E-state index in [-0.39, 0.29) is 11.9 Å². The summed E-state index contributed by atoms with van der Waals surface area (Å²) < 4.78 is 2.16. The van der Waals surface area contributed by atoms with Crippen molar-refractivity contribution in [3.63, 3.8) is 0 Å². The van der Waals surface area contributed by atoms with Gasteiger partial charge in [-0.05, 0) is 20.8 Å². The molecule has 18 heavy (non-hydrogen) atoms. The van der Waals surface area contributed by atoms with Crippen LogP contribution in [0.5, 0.6) is 0 Å². The molecule has 0 aliphatic carbocycles. The molecule has 3 N–H and O–H groups in total. The third-order valence-corrected chi connectivity index (χ3v) is 3.90. The first kappa shape index (κ1) is 13.0. The molecule has 0 radical (unpaired) electrons. The summed E-state index contributed by atoms with van der Waals surface area (Å²) in [6.07, 6.45) is 0.351. The van der Waals surface area contributed by atoms with Crippen LogP contribution in [0.1, 0.15) is 30.4 Å². The Bertz CT molecular complexity index is 572. The normalized spacial score (nSPS) is 13.1. The van der Waals surface area contributed by atoms with Gasteiger partial charge in [-0.25, -0.2) is 4.98 Å². The zero-order valence-corrected chi connectivity index (χ0v) is 11.7. The number of hydrogen-bond acceptors (Lipinski definition) is 4. The van der Waals surface area contributed by atoms with Crippen LogP contribution in [0.3, 0.4) is 0 Å². The number of fused-ring (bicyclic) bond motifs is 1. The molecule has 0 saturated heterocycles. The predicted molar refractivity (Wildman–Crippen MR) is 72.7 cm³/mol. The molecule has 0 aliphatic heterocycles. The highest BCUT2D eigenvalue weighted by Crippen LogP contribution is 2.20. The Morgan fingerprint density at radius 3 is 3.00 bits per heavy atom. The summed E-state index contributed by atoms with van der Waals surface area (Å²) in [5.74, 6) is -0.281. The Kier molecular flexibility index (Phi) is 3.68. The van der Waals surface area contributed by atoms with Crippen LogP contribution in [0.4, 0.5) is 0 Å². The lowest BCUT2D eigenvalue weighted by Crippen LogP contribution is -2.31. The third kappa shape index (κ3) is 2.54. The molecule has 2 aromatic heterocycles. The number of carbonyl (C=O) groups is 1. The van der Waals surface area contributed by atoms with Gasteiger partial charge in [0.05, 0.1) is 11.4 Å². The summed E-state index contributed by atoms with van der Waals surface area (Å²) in [6, 6.07) is 0.0754. The van der Waals surface area contributed by atoms with Gasteiger partial charge >= 0.3 is 0 Å². The monoisotopic (exact) mass is 266 g/mol.